The Bertz CT molecular complexity index is 620. The van der Waals surface area contributed by atoms with Crippen LogP contribution in [-0.4, -0.2) is 31.3 Å². The lowest BCUT2D eigenvalue weighted by Crippen LogP contribution is -2.35. The van der Waals surface area contributed by atoms with Gasteiger partial charge in [-0.3, -0.25) is 4.79 Å². The molecule has 112 valence electrons. The lowest BCUT2D eigenvalue weighted by Gasteiger charge is -2.26. The highest BCUT2D eigenvalue weighted by Gasteiger charge is 2.36. The van der Waals surface area contributed by atoms with Gasteiger partial charge in [-0.15, -0.1) is 5.10 Å². The van der Waals surface area contributed by atoms with Gasteiger partial charge in [0.1, 0.15) is 0 Å². The number of tetrazole rings is 1. The number of carbonyl (C=O) groups is 1. The molecule has 0 amide bonds. The van der Waals surface area contributed by atoms with Gasteiger partial charge in [0, 0.05) is 9.13 Å². The molecule has 2 aromatic rings. The van der Waals surface area contributed by atoms with E-state index in [0.717, 1.165) is 9.13 Å². The molecule has 1 N–H and O–H groups in total. The molecule has 6 nitrogen and oxygen atoms in total. The van der Waals surface area contributed by atoms with Gasteiger partial charge in [-0.05, 0) is 58.0 Å². The monoisotopic (exact) mass is 400 g/mol. The van der Waals surface area contributed by atoms with Gasteiger partial charge in [-0.1, -0.05) is 26.0 Å². The number of aliphatic carboxylic acids is 1. The van der Waals surface area contributed by atoms with Crippen LogP contribution in [0.2, 0.25) is 0 Å². The van der Waals surface area contributed by atoms with Crippen molar-refractivity contribution in [3.05, 3.63) is 27.8 Å². The molecular weight excluding hydrogens is 383 g/mol. The van der Waals surface area contributed by atoms with Gasteiger partial charge in [0.25, 0.3) is 0 Å². The quantitative estimate of drug-likeness (QED) is 0.755. The zero-order chi connectivity index (χ0) is 15.5. The van der Waals surface area contributed by atoms with E-state index in [9.17, 15) is 9.90 Å². The maximum Gasteiger partial charge on any atom is 0.311 e. The Morgan fingerprint density at radius 2 is 1.90 bits per heavy atom. The largest absolute Gasteiger partial charge is 0.481 e. The molecule has 0 aliphatic heterocycles. The Morgan fingerprint density at radius 3 is 2.43 bits per heavy atom. The minimum Gasteiger partial charge on any atom is -0.481 e. The van der Waals surface area contributed by atoms with Crippen LogP contribution in [0.15, 0.2) is 24.3 Å². The van der Waals surface area contributed by atoms with Crippen LogP contribution >= 0.6 is 22.6 Å². The number of halogens is 1. The molecule has 0 saturated heterocycles. The van der Waals surface area contributed by atoms with E-state index in [2.05, 4.69) is 38.1 Å². The van der Waals surface area contributed by atoms with Gasteiger partial charge in [0.2, 0.25) is 0 Å². The number of rotatable bonds is 6. The van der Waals surface area contributed by atoms with Crippen molar-refractivity contribution in [3.63, 3.8) is 0 Å². The smallest absolute Gasteiger partial charge is 0.311 e. The highest BCUT2D eigenvalue weighted by molar-refractivity contribution is 14.1. The Kier molecular flexibility index (Phi) is 4.92. The van der Waals surface area contributed by atoms with Gasteiger partial charge >= 0.3 is 5.97 Å². The number of nitrogens with zero attached hydrogens (tertiary/aromatic N) is 4. The summed E-state index contributed by atoms with van der Waals surface area (Å²) in [5, 5.41) is 21.2. The van der Waals surface area contributed by atoms with E-state index in [1.165, 1.54) is 0 Å². The third-order valence-electron chi connectivity index (χ3n) is 3.89. The summed E-state index contributed by atoms with van der Waals surface area (Å²) in [5.74, 6) is -0.213. The molecule has 0 atom stereocenters. The normalized spacial score (nSPS) is 11.6. The molecule has 0 bridgehead atoms. The number of hydrogen-bond acceptors (Lipinski definition) is 4. The Morgan fingerprint density at radius 1 is 1.29 bits per heavy atom. The molecule has 0 aliphatic rings. The number of aromatic nitrogens is 4. The van der Waals surface area contributed by atoms with E-state index < -0.39 is 11.4 Å². The summed E-state index contributed by atoms with van der Waals surface area (Å²) in [6, 6.07) is 7.81. The van der Waals surface area contributed by atoms with Crippen LogP contribution in [-0.2, 0) is 11.3 Å². The predicted molar refractivity (Wildman–Crippen MR) is 86.6 cm³/mol. The zero-order valence-electron chi connectivity index (χ0n) is 12.0. The molecule has 0 aliphatic carbocycles. The number of benzene rings is 1. The first-order chi connectivity index (χ1) is 10.0. The lowest BCUT2D eigenvalue weighted by atomic mass is 9.82. The molecule has 0 unspecified atom stereocenters. The topological polar surface area (TPSA) is 80.9 Å². The average Bonchev–Trinajstić information content (AvgIpc) is 2.93. The van der Waals surface area contributed by atoms with Crippen molar-refractivity contribution in [2.75, 3.05) is 0 Å². The zero-order valence-corrected chi connectivity index (χ0v) is 14.1. The van der Waals surface area contributed by atoms with Gasteiger partial charge in [0.05, 0.1) is 12.0 Å². The Labute approximate surface area is 136 Å². The fraction of sp³-hybridized carbons (Fsp3) is 0.429. The molecule has 1 aromatic carbocycles. The Hall–Kier alpha value is -1.51. The van der Waals surface area contributed by atoms with Crippen molar-refractivity contribution >= 4 is 28.6 Å². The van der Waals surface area contributed by atoms with Gasteiger partial charge < -0.3 is 5.11 Å². The Balaban J connectivity index is 2.36. The van der Waals surface area contributed by atoms with E-state index in [0.29, 0.717) is 18.7 Å². The minimum atomic E-state index is -0.840. The molecule has 7 heteroatoms. The van der Waals surface area contributed by atoms with Crippen LogP contribution < -0.4 is 0 Å². The van der Waals surface area contributed by atoms with E-state index in [1.54, 1.807) is 4.68 Å². The third kappa shape index (κ3) is 3.22. The maximum atomic E-state index is 11.6. The summed E-state index contributed by atoms with van der Waals surface area (Å²) in [5.41, 5.74) is 0.0415. The predicted octanol–water partition coefficient (Wildman–Crippen LogP) is 2.84. The summed E-state index contributed by atoms with van der Waals surface area (Å²) in [4.78, 5) is 11.6. The molecule has 0 spiro atoms. The first-order valence-corrected chi connectivity index (χ1v) is 7.86. The minimum absolute atomic E-state index is 0.268. The average molecular weight is 400 g/mol. The molecule has 21 heavy (non-hydrogen) atoms. The molecular formula is C14H17IN4O2. The van der Waals surface area contributed by atoms with Crippen LogP contribution in [0.4, 0.5) is 0 Å². The van der Waals surface area contributed by atoms with Crippen molar-refractivity contribution in [1.82, 2.24) is 20.2 Å². The summed E-state index contributed by atoms with van der Waals surface area (Å²) < 4.78 is 2.71. The fourth-order valence-corrected chi connectivity index (χ4v) is 2.61. The number of hydrogen-bond donors (Lipinski definition) is 1. The third-order valence-corrected chi connectivity index (χ3v) is 4.61. The second-order valence-electron chi connectivity index (χ2n) is 4.96. The maximum absolute atomic E-state index is 11.6. The van der Waals surface area contributed by atoms with Crippen LogP contribution in [0, 0.1) is 8.99 Å². The standard InChI is InChI=1S/C14H17IN4O2/c1-3-14(4-2,13(20)21)9-19-12(16-17-18-19)10-5-7-11(15)8-6-10/h5-8H,3-4,9H2,1-2H3,(H,20,21). The van der Waals surface area contributed by atoms with E-state index >= 15 is 0 Å². The number of carboxylic acids is 1. The van der Waals surface area contributed by atoms with Gasteiger partial charge in [0.15, 0.2) is 5.82 Å². The molecule has 0 saturated carbocycles. The van der Waals surface area contributed by atoms with Crippen LogP contribution in [0.1, 0.15) is 26.7 Å². The molecule has 2 rings (SSSR count). The highest BCUT2D eigenvalue weighted by Crippen LogP contribution is 2.30. The van der Waals surface area contributed by atoms with Crippen molar-refractivity contribution in [3.8, 4) is 11.4 Å². The summed E-state index contributed by atoms with van der Waals surface area (Å²) in [7, 11) is 0. The number of carboxylic acid groups (broad SMARTS) is 1. The van der Waals surface area contributed by atoms with Crippen LogP contribution in [0.25, 0.3) is 11.4 Å². The van der Waals surface area contributed by atoms with Crippen LogP contribution in [0.5, 0.6) is 0 Å². The summed E-state index contributed by atoms with van der Waals surface area (Å²) in [6.45, 7) is 4.03. The molecule has 1 aromatic heterocycles. The second kappa shape index (κ2) is 6.50. The van der Waals surface area contributed by atoms with E-state index in [1.807, 2.05) is 38.1 Å². The van der Waals surface area contributed by atoms with E-state index in [-0.39, 0.29) is 6.54 Å². The first-order valence-electron chi connectivity index (χ1n) is 6.78. The van der Waals surface area contributed by atoms with Crippen molar-refractivity contribution in [1.29, 1.82) is 0 Å². The summed E-state index contributed by atoms with van der Waals surface area (Å²) >= 11 is 2.23. The fourth-order valence-electron chi connectivity index (χ4n) is 2.25. The second-order valence-corrected chi connectivity index (χ2v) is 6.21. The van der Waals surface area contributed by atoms with Gasteiger partial charge in [-0.25, -0.2) is 4.68 Å². The van der Waals surface area contributed by atoms with E-state index in [4.69, 9.17) is 0 Å². The SMILES string of the molecule is CCC(CC)(Cn1nnnc1-c1ccc(I)cc1)C(=O)O. The molecule has 0 radical (unpaired) electrons. The first kappa shape index (κ1) is 15.9. The van der Waals surface area contributed by atoms with Crippen molar-refractivity contribution in [2.24, 2.45) is 5.41 Å². The lowest BCUT2D eigenvalue weighted by molar-refractivity contribution is -0.150. The highest BCUT2D eigenvalue weighted by atomic mass is 127. The van der Waals surface area contributed by atoms with Crippen molar-refractivity contribution < 1.29 is 9.90 Å². The van der Waals surface area contributed by atoms with Gasteiger partial charge in [-0.2, -0.15) is 0 Å². The van der Waals surface area contributed by atoms with Crippen molar-refractivity contribution in [2.45, 2.75) is 33.2 Å². The summed E-state index contributed by atoms with van der Waals surface area (Å²) in [6.07, 6.45) is 1.07. The molecule has 0 fully saturated rings. The molecule has 1 heterocycles. The van der Waals surface area contributed by atoms with Crippen LogP contribution in [0.3, 0.4) is 0 Å².